The Morgan fingerprint density at radius 2 is 1.87 bits per heavy atom. The lowest BCUT2D eigenvalue weighted by molar-refractivity contribution is 0.0942. The van der Waals surface area contributed by atoms with Crippen LogP contribution < -0.4 is 15.6 Å². The van der Waals surface area contributed by atoms with Gasteiger partial charge in [-0.3, -0.25) is 4.79 Å². The molecule has 1 aliphatic carbocycles. The molecule has 0 fully saturated rings. The second-order valence-electron chi connectivity index (χ2n) is 7.91. The molecule has 1 heterocycles. The number of nitrogens with one attached hydrogen (secondary N) is 1. The predicted octanol–water partition coefficient (Wildman–Crippen LogP) is 1.99. The first-order valence-electron chi connectivity index (χ1n) is 10.4. The number of hydrogen-bond donors (Lipinski definition) is 3. The molecular weight excluding hydrogens is 380 g/mol. The Hall–Kier alpha value is -2.67. The lowest BCUT2D eigenvalue weighted by atomic mass is 10.0. The molecule has 30 heavy (non-hydrogen) atoms. The number of nitrogens with zero attached hydrogens (tertiary/aromatic N) is 1. The number of pyridine rings is 1. The molecule has 0 spiro atoms. The SMILES string of the molecule is COc1ccc(Cn2c(=O)c(CNC[C@@H](O)CO)cc3cc4c(cc32)CCC4)cc1. The third-order valence-electron chi connectivity index (χ3n) is 5.79. The summed E-state index contributed by atoms with van der Waals surface area (Å²) < 4.78 is 7.08. The Morgan fingerprint density at radius 3 is 2.57 bits per heavy atom. The van der Waals surface area contributed by atoms with Crippen molar-refractivity contribution in [2.24, 2.45) is 0 Å². The molecular formula is C24H28N2O4. The van der Waals surface area contributed by atoms with Crippen molar-refractivity contribution < 1.29 is 14.9 Å². The molecule has 2 aromatic carbocycles. The van der Waals surface area contributed by atoms with Gasteiger partial charge >= 0.3 is 0 Å². The first kappa shape index (κ1) is 20.6. The van der Waals surface area contributed by atoms with E-state index in [1.807, 2.05) is 34.9 Å². The Balaban J connectivity index is 1.74. The first-order chi connectivity index (χ1) is 14.6. The van der Waals surface area contributed by atoms with Crippen LogP contribution in [0.3, 0.4) is 0 Å². The van der Waals surface area contributed by atoms with Gasteiger partial charge in [0.25, 0.3) is 5.56 Å². The fourth-order valence-corrected chi connectivity index (χ4v) is 4.15. The highest BCUT2D eigenvalue weighted by Gasteiger charge is 2.16. The zero-order valence-electron chi connectivity index (χ0n) is 17.2. The molecule has 1 aliphatic rings. The van der Waals surface area contributed by atoms with Crippen molar-refractivity contribution in [2.75, 3.05) is 20.3 Å². The largest absolute Gasteiger partial charge is 0.497 e. The minimum Gasteiger partial charge on any atom is -0.497 e. The lowest BCUT2D eigenvalue weighted by Gasteiger charge is -2.16. The van der Waals surface area contributed by atoms with Gasteiger partial charge in [0, 0.05) is 18.7 Å². The smallest absolute Gasteiger partial charge is 0.255 e. The van der Waals surface area contributed by atoms with Gasteiger partial charge in [-0.05, 0) is 71.7 Å². The van der Waals surface area contributed by atoms with Crippen molar-refractivity contribution in [3.05, 3.63) is 75.1 Å². The third-order valence-corrected chi connectivity index (χ3v) is 5.79. The van der Waals surface area contributed by atoms with Crippen molar-refractivity contribution >= 4 is 10.9 Å². The molecule has 3 aromatic rings. The number of hydrogen-bond acceptors (Lipinski definition) is 5. The maximum Gasteiger partial charge on any atom is 0.255 e. The molecule has 1 atom stereocenters. The molecule has 158 valence electrons. The summed E-state index contributed by atoms with van der Waals surface area (Å²) in [5.41, 5.74) is 5.30. The van der Waals surface area contributed by atoms with Gasteiger partial charge in [0.05, 0.1) is 31.9 Å². The number of rotatable bonds is 8. The van der Waals surface area contributed by atoms with Crippen LogP contribution in [-0.4, -0.2) is 41.1 Å². The Morgan fingerprint density at radius 1 is 1.13 bits per heavy atom. The monoisotopic (exact) mass is 408 g/mol. The van der Waals surface area contributed by atoms with Crippen LogP contribution in [0.1, 0.15) is 28.7 Å². The maximum absolute atomic E-state index is 13.3. The van der Waals surface area contributed by atoms with Crippen LogP contribution in [0, 0.1) is 0 Å². The molecule has 4 rings (SSSR count). The second-order valence-corrected chi connectivity index (χ2v) is 7.91. The van der Waals surface area contributed by atoms with Crippen LogP contribution in [0.25, 0.3) is 10.9 Å². The van der Waals surface area contributed by atoms with Gasteiger partial charge in [-0.1, -0.05) is 12.1 Å². The number of aromatic nitrogens is 1. The van der Waals surface area contributed by atoms with Crippen LogP contribution in [-0.2, 0) is 25.9 Å². The van der Waals surface area contributed by atoms with Crippen LogP contribution in [0.2, 0.25) is 0 Å². The molecule has 6 heteroatoms. The van der Waals surface area contributed by atoms with Gasteiger partial charge in [-0.2, -0.15) is 0 Å². The Bertz CT molecular complexity index is 1090. The maximum atomic E-state index is 13.3. The van der Waals surface area contributed by atoms with Crippen molar-refractivity contribution in [1.29, 1.82) is 0 Å². The van der Waals surface area contributed by atoms with E-state index < -0.39 is 6.10 Å². The van der Waals surface area contributed by atoms with E-state index in [1.54, 1.807) is 7.11 Å². The molecule has 0 saturated carbocycles. The van der Waals surface area contributed by atoms with Gasteiger partial charge < -0.3 is 24.8 Å². The summed E-state index contributed by atoms with van der Waals surface area (Å²) in [6, 6.07) is 14.1. The summed E-state index contributed by atoms with van der Waals surface area (Å²) in [7, 11) is 1.64. The molecule has 0 saturated heterocycles. The fraction of sp³-hybridized carbons (Fsp3) is 0.375. The topological polar surface area (TPSA) is 83.7 Å². The predicted molar refractivity (Wildman–Crippen MR) is 117 cm³/mol. The van der Waals surface area contributed by atoms with E-state index in [0.29, 0.717) is 18.7 Å². The molecule has 0 bridgehead atoms. The minimum absolute atomic E-state index is 0.0396. The highest BCUT2D eigenvalue weighted by molar-refractivity contribution is 5.82. The molecule has 0 aliphatic heterocycles. The van der Waals surface area contributed by atoms with Gasteiger partial charge in [0.15, 0.2) is 0 Å². The molecule has 6 nitrogen and oxygen atoms in total. The van der Waals surface area contributed by atoms with Crippen LogP contribution in [0.5, 0.6) is 5.75 Å². The van der Waals surface area contributed by atoms with E-state index in [-0.39, 0.29) is 18.7 Å². The van der Waals surface area contributed by atoms with Crippen molar-refractivity contribution in [3.63, 3.8) is 0 Å². The number of aliphatic hydroxyl groups is 2. The molecule has 1 aromatic heterocycles. The number of fused-ring (bicyclic) bond motifs is 2. The zero-order valence-corrected chi connectivity index (χ0v) is 17.2. The van der Waals surface area contributed by atoms with E-state index in [0.717, 1.165) is 41.5 Å². The van der Waals surface area contributed by atoms with E-state index in [2.05, 4.69) is 17.4 Å². The number of ether oxygens (including phenoxy) is 1. The quantitative estimate of drug-likeness (QED) is 0.531. The van der Waals surface area contributed by atoms with E-state index in [1.165, 1.54) is 11.1 Å². The zero-order chi connectivity index (χ0) is 21.1. The van der Waals surface area contributed by atoms with Crippen molar-refractivity contribution in [3.8, 4) is 5.75 Å². The van der Waals surface area contributed by atoms with Gasteiger partial charge in [0.1, 0.15) is 5.75 Å². The average molecular weight is 408 g/mol. The summed E-state index contributed by atoms with van der Waals surface area (Å²) in [5, 5.41) is 22.7. The second kappa shape index (κ2) is 9.00. The minimum atomic E-state index is -0.838. The van der Waals surface area contributed by atoms with Gasteiger partial charge in [0.2, 0.25) is 0 Å². The third kappa shape index (κ3) is 4.26. The number of aliphatic hydroxyl groups excluding tert-OH is 2. The lowest BCUT2D eigenvalue weighted by Crippen LogP contribution is -2.32. The Labute approximate surface area is 175 Å². The summed E-state index contributed by atoms with van der Waals surface area (Å²) in [5.74, 6) is 0.786. The number of benzene rings is 2. The van der Waals surface area contributed by atoms with Gasteiger partial charge in [-0.15, -0.1) is 0 Å². The number of aryl methyl sites for hydroxylation is 2. The first-order valence-corrected chi connectivity index (χ1v) is 10.4. The van der Waals surface area contributed by atoms with Crippen LogP contribution >= 0.6 is 0 Å². The fourth-order valence-electron chi connectivity index (χ4n) is 4.15. The molecule has 0 unspecified atom stereocenters. The van der Waals surface area contributed by atoms with E-state index in [9.17, 15) is 9.90 Å². The van der Waals surface area contributed by atoms with E-state index in [4.69, 9.17) is 9.84 Å². The molecule has 0 amide bonds. The molecule has 0 radical (unpaired) electrons. The Kier molecular flexibility index (Phi) is 6.18. The number of methoxy groups -OCH3 is 1. The summed E-state index contributed by atoms with van der Waals surface area (Å²) in [6.45, 7) is 0.742. The summed E-state index contributed by atoms with van der Waals surface area (Å²) >= 11 is 0. The standard InChI is InChI=1S/C24H28N2O4/c1-30-22-7-5-16(6-8-22)14-26-23-11-18-4-2-3-17(18)9-19(23)10-20(24(26)29)12-25-13-21(28)15-27/h5-11,21,25,27-28H,2-4,12-15H2,1H3/t21-/m1/s1. The highest BCUT2D eigenvalue weighted by Crippen LogP contribution is 2.27. The summed E-state index contributed by atoms with van der Waals surface area (Å²) in [4.78, 5) is 13.3. The normalized spacial score (nSPS) is 14.1. The average Bonchev–Trinajstić information content (AvgIpc) is 3.22. The highest BCUT2D eigenvalue weighted by atomic mass is 16.5. The molecule has 3 N–H and O–H groups in total. The van der Waals surface area contributed by atoms with Crippen molar-refractivity contribution in [2.45, 2.75) is 38.5 Å². The van der Waals surface area contributed by atoms with E-state index >= 15 is 0 Å². The summed E-state index contributed by atoms with van der Waals surface area (Å²) in [6.07, 6.45) is 2.46. The van der Waals surface area contributed by atoms with Crippen LogP contribution in [0.15, 0.2) is 47.3 Å². The van der Waals surface area contributed by atoms with Crippen molar-refractivity contribution in [1.82, 2.24) is 9.88 Å². The van der Waals surface area contributed by atoms with Crippen LogP contribution in [0.4, 0.5) is 0 Å². The van der Waals surface area contributed by atoms with Gasteiger partial charge in [-0.25, -0.2) is 0 Å².